The van der Waals surface area contributed by atoms with Gasteiger partial charge in [-0.3, -0.25) is 4.98 Å². The molecule has 0 spiro atoms. The van der Waals surface area contributed by atoms with Gasteiger partial charge in [-0.25, -0.2) is 14.8 Å². The zero-order chi connectivity index (χ0) is 11.4. The summed E-state index contributed by atoms with van der Waals surface area (Å²) in [6.45, 7) is 0. The molecule has 0 aliphatic heterocycles. The van der Waals surface area contributed by atoms with Crippen LogP contribution in [0.1, 0.15) is 10.4 Å². The number of ether oxygens (including phenoxy) is 1. The standard InChI is InChI=1S/C11H9N3O2/c1-16-11(15)9-6-13-10(14-7-9)8-2-4-12-5-3-8/h2-7H,1H3. The van der Waals surface area contributed by atoms with Crippen LogP contribution in [-0.2, 0) is 4.74 Å². The quantitative estimate of drug-likeness (QED) is 0.707. The summed E-state index contributed by atoms with van der Waals surface area (Å²) in [4.78, 5) is 23.2. The maximum atomic E-state index is 11.1. The van der Waals surface area contributed by atoms with Gasteiger partial charge in [0.2, 0.25) is 0 Å². The van der Waals surface area contributed by atoms with E-state index in [4.69, 9.17) is 0 Å². The number of aromatic nitrogens is 3. The first-order valence-electron chi connectivity index (χ1n) is 4.62. The smallest absolute Gasteiger partial charge is 0.341 e. The Morgan fingerprint density at radius 1 is 1.19 bits per heavy atom. The minimum atomic E-state index is -0.443. The first-order valence-corrected chi connectivity index (χ1v) is 4.62. The average molecular weight is 215 g/mol. The third-order valence-electron chi connectivity index (χ3n) is 2.01. The van der Waals surface area contributed by atoms with E-state index in [1.807, 2.05) is 0 Å². The van der Waals surface area contributed by atoms with Crippen molar-refractivity contribution in [3.8, 4) is 11.4 Å². The van der Waals surface area contributed by atoms with Gasteiger partial charge in [0.05, 0.1) is 12.7 Å². The molecular weight excluding hydrogens is 206 g/mol. The first-order chi connectivity index (χ1) is 7.81. The van der Waals surface area contributed by atoms with Crippen molar-refractivity contribution < 1.29 is 9.53 Å². The summed E-state index contributed by atoms with van der Waals surface area (Å²) in [6.07, 6.45) is 6.20. The number of rotatable bonds is 2. The van der Waals surface area contributed by atoms with E-state index in [0.29, 0.717) is 11.4 Å². The van der Waals surface area contributed by atoms with Crippen molar-refractivity contribution in [2.24, 2.45) is 0 Å². The van der Waals surface area contributed by atoms with Crippen molar-refractivity contribution in [1.82, 2.24) is 15.0 Å². The Hall–Kier alpha value is -2.30. The third-order valence-corrected chi connectivity index (χ3v) is 2.01. The average Bonchev–Trinajstić information content (AvgIpc) is 2.39. The van der Waals surface area contributed by atoms with Crippen LogP contribution in [0.2, 0.25) is 0 Å². The van der Waals surface area contributed by atoms with Crippen LogP contribution in [0.3, 0.4) is 0 Å². The van der Waals surface area contributed by atoms with Crippen molar-refractivity contribution in [2.75, 3.05) is 7.11 Å². The summed E-state index contributed by atoms with van der Waals surface area (Å²) in [5, 5.41) is 0. The van der Waals surface area contributed by atoms with Gasteiger partial charge in [-0.15, -0.1) is 0 Å². The van der Waals surface area contributed by atoms with E-state index < -0.39 is 5.97 Å². The van der Waals surface area contributed by atoms with E-state index >= 15 is 0 Å². The molecular formula is C11H9N3O2. The van der Waals surface area contributed by atoms with Gasteiger partial charge in [-0.2, -0.15) is 0 Å². The fraction of sp³-hybridized carbons (Fsp3) is 0.0909. The zero-order valence-electron chi connectivity index (χ0n) is 8.62. The lowest BCUT2D eigenvalue weighted by Gasteiger charge is -2.00. The van der Waals surface area contributed by atoms with Gasteiger partial charge in [0, 0.05) is 30.4 Å². The molecule has 0 bridgehead atoms. The topological polar surface area (TPSA) is 65.0 Å². The van der Waals surface area contributed by atoms with Crippen LogP contribution in [0, 0.1) is 0 Å². The number of methoxy groups -OCH3 is 1. The van der Waals surface area contributed by atoms with E-state index in [-0.39, 0.29) is 0 Å². The molecule has 0 saturated heterocycles. The molecule has 2 rings (SSSR count). The Kier molecular flexibility index (Phi) is 2.86. The van der Waals surface area contributed by atoms with Crippen molar-refractivity contribution in [3.05, 3.63) is 42.5 Å². The summed E-state index contributed by atoms with van der Waals surface area (Å²) in [6, 6.07) is 3.60. The SMILES string of the molecule is COC(=O)c1cnc(-c2ccncc2)nc1. The summed E-state index contributed by atoms with van der Waals surface area (Å²) < 4.78 is 4.55. The highest BCUT2D eigenvalue weighted by molar-refractivity contribution is 5.88. The van der Waals surface area contributed by atoms with Crippen LogP contribution in [0.4, 0.5) is 0 Å². The second-order valence-electron chi connectivity index (χ2n) is 3.02. The normalized spacial score (nSPS) is 9.81. The number of pyridine rings is 1. The number of esters is 1. The Labute approximate surface area is 92.2 Å². The highest BCUT2D eigenvalue weighted by atomic mass is 16.5. The van der Waals surface area contributed by atoms with Gasteiger partial charge in [0.25, 0.3) is 0 Å². The predicted octanol–water partition coefficient (Wildman–Crippen LogP) is 1.33. The van der Waals surface area contributed by atoms with E-state index in [1.54, 1.807) is 24.5 Å². The third kappa shape index (κ3) is 2.03. The van der Waals surface area contributed by atoms with E-state index in [0.717, 1.165) is 5.56 Å². The molecule has 0 amide bonds. The maximum Gasteiger partial charge on any atom is 0.341 e. The van der Waals surface area contributed by atoms with Crippen molar-refractivity contribution in [3.63, 3.8) is 0 Å². The number of hydrogen-bond donors (Lipinski definition) is 0. The molecule has 5 heteroatoms. The molecule has 2 aromatic heterocycles. The van der Waals surface area contributed by atoms with Crippen molar-refractivity contribution in [1.29, 1.82) is 0 Å². The number of carbonyl (C=O) groups is 1. The van der Waals surface area contributed by atoms with E-state index in [9.17, 15) is 4.79 Å². The highest BCUT2D eigenvalue weighted by Crippen LogP contribution is 2.12. The molecule has 16 heavy (non-hydrogen) atoms. The Bertz CT molecular complexity index is 482. The number of carbonyl (C=O) groups excluding carboxylic acids is 1. The summed E-state index contributed by atoms with van der Waals surface area (Å²) in [5.41, 5.74) is 1.19. The zero-order valence-corrected chi connectivity index (χ0v) is 8.62. The second kappa shape index (κ2) is 4.48. The lowest BCUT2D eigenvalue weighted by Crippen LogP contribution is -2.03. The van der Waals surface area contributed by atoms with Crippen LogP contribution < -0.4 is 0 Å². The Morgan fingerprint density at radius 3 is 2.38 bits per heavy atom. The molecule has 0 unspecified atom stereocenters. The molecule has 0 radical (unpaired) electrons. The lowest BCUT2D eigenvalue weighted by atomic mass is 10.2. The lowest BCUT2D eigenvalue weighted by molar-refractivity contribution is 0.0600. The van der Waals surface area contributed by atoms with Gasteiger partial charge in [-0.05, 0) is 12.1 Å². The van der Waals surface area contributed by atoms with Crippen LogP contribution in [0.15, 0.2) is 36.9 Å². The molecule has 0 fully saturated rings. The molecule has 0 aliphatic carbocycles. The molecule has 80 valence electrons. The van der Waals surface area contributed by atoms with Gasteiger partial charge in [0.15, 0.2) is 5.82 Å². The molecule has 2 aromatic rings. The fourth-order valence-electron chi connectivity index (χ4n) is 1.20. The molecule has 0 saturated carbocycles. The molecule has 0 aromatic carbocycles. The Balaban J connectivity index is 2.30. The predicted molar refractivity (Wildman–Crippen MR) is 56.6 cm³/mol. The van der Waals surface area contributed by atoms with Gasteiger partial charge in [0.1, 0.15) is 0 Å². The van der Waals surface area contributed by atoms with Crippen LogP contribution >= 0.6 is 0 Å². The number of nitrogens with zero attached hydrogens (tertiary/aromatic N) is 3. The Morgan fingerprint density at radius 2 is 1.81 bits per heavy atom. The van der Waals surface area contributed by atoms with Crippen LogP contribution in [-0.4, -0.2) is 28.0 Å². The monoisotopic (exact) mass is 215 g/mol. The molecule has 0 aliphatic rings. The number of hydrogen-bond acceptors (Lipinski definition) is 5. The summed E-state index contributed by atoms with van der Waals surface area (Å²) >= 11 is 0. The highest BCUT2D eigenvalue weighted by Gasteiger charge is 2.07. The largest absolute Gasteiger partial charge is 0.465 e. The summed E-state index contributed by atoms with van der Waals surface area (Å²) in [5.74, 6) is 0.108. The summed E-state index contributed by atoms with van der Waals surface area (Å²) in [7, 11) is 1.32. The molecule has 0 atom stereocenters. The van der Waals surface area contributed by atoms with Gasteiger partial charge >= 0.3 is 5.97 Å². The molecule has 0 N–H and O–H groups in total. The molecule has 2 heterocycles. The van der Waals surface area contributed by atoms with Crippen LogP contribution in [0.25, 0.3) is 11.4 Å². The minimum Gasteiger partial charge on any atom is -0.465 e. The van der Waals surface area contributed by atoms with Crippen molar-refractivity contribution in [2.45, 2.75) is 0 Å². The fourth-order valence-corrected chi connectivity index (χ4v) is 1.20. The van der Waals surface area contributed by atoms with E-state index in [1.165, 1.54) is 19.5 Å². The molecule has 5 nitrogen and oxygen atoms in total. The van der Waals surface area contributed by atoms with Gasteiger partial charge in [-0.1, -0.05) is 0 Å². The van der Waals surface area contributed by atoms with Crippen LogP contribution in [0.5, 0.6) is 0 Å². The van der Waals surface area contributed by atoms with Gasteiger partial charge < -0.3 is 4.74 Å². The minimum absolute atomic E-state index is 0.334. The van der Waals surface area contributed by atoms with Crippen molar-refractivity contribution >= 4 is 5.97 Å². The first kappa shape index (κ1) is 10.2. The maximum absolute atomic E-state index is 11.1. The second-order valence-corrected chi connectivity index (χ2v) is 3.02. The van der Waals surface area contributed by atoms with E-state index in [2.05, 4.69) is 19.7 Å².